The number of hydrogen-bond acceptors (Lipinski definition) is 2. The lowest BCUT2D eigenvalue weighted by molar-refractivity contribution is -0.126. The van der Waals surface area contributed by atoms with Crippen LogP contribution in [0.25, 0.3) is 6.08 Å². The first kappa shape index (κ1) is 12.4. The van der Waals surface area contributed by atoms with E-state index in [2.05, 4.69) is 6.92 Å². The number of rotatable bonds is 6. The van der Waals surface area contributed by atoms with Crippen LogP contribution in [-0.2, 0) is 4.79 Å². The maximum absolute atomic E-state index is 12.0. The topological polar surface area (TPSA) is 20.3 Å². The SMILES string of the molecule is CCCN(CC1CC1)C(=O)/C=C/c1cccs1. The molecule has 1 aliphatic carbocycles. The molecule has 0 atom stereocenters. The van der Waals surface area contributed by atoms with E-state index in [0.717, 1.165) is 30.3 Å². The van der Waals surface area contributed by atoms with Gasteiger partial charge in [-0.15, -0.1) is 11.3 Å². The van der Waals surface area contributed by atoms with E-state index in [9.17, 15) is 4.79 Å². The van der Waals surface area contributed by atoms with Crippen molar-refractivity contribution in [3.8, 4) is 0 Å². The summed E-state index contributed by atoms with van der Waals surface area (Å²) in [6.45, 7) is 3.95. The lowest BCUT2D eigenvalue weighted by atomic mass is 10.3. The minimum atomic E-state index is 0.159. The van der Waals surface area contributed by atoms with Gasteiger partial charge in [0.2, 0.25) is 5.91 Å². The van der Waals surface area contributed by atoms with Gasteiger partial charge in [-0.2, -0.15) is 0 Å². The van der Waals surface area contributed by atoms with Gasteiger partial charge in [-0.1, -0.05) is 13.0 Å². The fraction of sp³-hybridized carbons (Fsp3) is 0.500. The molecule has 0 aliphatic heterocycles. The summed E-state index contributed by atoms with van der Waals surface area (Å²) >= 11 is 1.66. The predicted octanol–water partition coefficient (Wildman–Crippen LogP) is 3.41. The van der Waals surface area contributed by atoms with Gasteiger partial charge >= 0.3 is 0 Å². The molecular formula is C14H19NOS. The van der Waals surface area contributed by atoms with E-state index < -0.39 is 0 Å². The minimum Gasteiger partial charge on any atom is -0.339 e. The normalized spacial score (nSPS) is 15.4. The molecule has 1 amide bonds. The van der Waals surface area contributed by atoms with Crippen molar-refractivity contribution in [1.29, 1.82) is 0 Å². The van der Waals surface area contributed by atoms with E-state index in [0.29, 0.717) is 0 Å². The van der Waals surface area contributed by atoms with Gasteiger partial charge in [0.25, 0.3) is 0 Å². The van der Waals surface area contributed by atoms with E-state index in [1.54, 1.807) is 17.4 Å². The van der Waals surface area contributed by atoms with Gasteiger partial charge in [-0.05, 0) is 42.7 Å². The third-order valence-corrected chi connectivity index (χ3v) is 3.75. The van der Waals surface area contributed by atoms with Gasteiger partial charge in [-0.3, -0.25) is 4.79 Å². The summed E-state index contributed by atoms with van der Waals surface area (Å²) in [7, 11) is 0. The van der Waals surface area contributed by atoms with E-state index >= 15 is 0 Å². The molecule has 1 aliphatic rings. The van der Waals surface area contributed by atoms with E-state index in [1.807, 2.05) is 28.5 Å². The standard InChI is InChI=1S/C14H19NOS/c1-2-9-15(11-12-5-6-12)14(16)8-7-13-4-3-10-17-13/h3-4,7-8,10,12H,2,5-6,9,11H2,1H3/b8-7+. The van der Waals surface area contributed by atoms with Crippen LogP contribution in [-0.4, -0.2) is 23.9 Å². The Morgan fingerprint density at radius 1 is 1.59 bits per heavy atom. The summed E-state index contributed by atoms with van der Waals surface area (Å²) in [5.74, 6) is 0.924. The summed E-state index contributed by atoms with van der Waals surface area (Å²) < 4.78 is 0. The van der Waals surface area contributed by atoms with Crippen molar-refractivity contribution >= 4 is 23.3 Å². The molecule has 0 N–H and O–H groups in total. The fourth-order valence-electron chi connectivity index (χ4n) is 1.82. The van der Waals surface area contributed by atoms with Crippen molar-refractivity contribution in [3.63, 3.8) is 0 Å². The van der Waals surface area contributed by atoms with Crippen LogP contribution in [0.15, 0.2) is 23.6 Å². The molecule has 1 fully saturated rings. The summed E-state index contributed by atoms with van der Waals surface area (Å²) in [5.41, 5.74) is 0. The van der Waals surface area contributed by atoms with E-state index in [1.165, 1.54) is 12.8 Å². The Morgan fingerprint density at radius 3 is 3.00 bits per heavy atom. The number of nitrogens with zero attached hydrogens (tertiary/aromatic N) is 1. The quantitative estimate of drug-likeness (QED) is 0.707. The van der Waals surface area contributed by atoms with Crippen LogP contribution in [0, 0.1) is 5.92 Å². The zero-order valence-electron chi connectivity index (χ0n) is 10.3. The zero-order chi connectivity index (χ0) is 12.1. The van der Waals surface area contributed by atoms with Gasteiger partial charge in [0.1, 0.15) is 0 Å². The van der Waals surface area contributed by atoms with Crippen molar-refractivity contribution in [3.05, 3.63) is 28.5 Å². The van der Waals surface area contributed by atoms with Gasteiger partial charge in [0.05, 0.1) is 0 Å². The Kier molecular flexibility index (Phi) is 4.37. The number of carbonyl (C=O) groups is 1. The second kappa shape index (κ2) is 6.01. The van der Waals surface area contributed by atoms with Crippen LogP contribution in [0.2, 0.25) is 0 Å². The highest BCUT2D eigenvalue weighted by Gasteiger charge is 2.25. The van der Waals surface area contributed by atoms with E-state index in [-0.39, 0.29) is 5.91 Å². The number of amides is 1. The Balaban J connectivity index is 1.90. The van der Waals surface area contributed by atoms with Crippen LogP contribution >= 0.6 is 11.3 Å². The summed E-state index contributed by atoms with van der Waals surface area (Å²) in [6, 6.07) is 4.03. The van der Waals surface area contributed by atoms with Crippen LogP contribution < -0.4 is 0 Å². The highest BCUT2D eigenvalue weighted by atomic mass is 32.1. The van der Waals surface area contributed by atoms with Crippen LogP contribution in [0.5, 0.6) is 0 Å². The highest BCUT2D eigenvalue weighted by Crippen LogP contribution is 2.29. The molecule has 1 heterocycles. The molecule has 1 aromatic heterocycles. The molecule has 1 aromatic rings. The third-order valence-electron chi connectivity index (χ3n) is 2.91. The average Bonchev–Trinajstić information content (AvgIpc) is 2.99. The zero-order valence-corrected chi connectivity index (χ0v) is 11.1. The van der Waals surface area contributed by atoms with Crippen molar-refractivity contribution in [1.82, 2.24) is 4.90 Å². The molecule has 2 rings (SSSR count). The molecule has 0 aromatic carbocycles. The monoisotopic (exact) mass is 249 g/mol. The number of thiophene rings is 1. The minimum absolute atomic E-state index is 0.159. The molecule has 17 heavy (non-hydrogen) atoms. The average molecular weight is 249 g/mol. The second-order valence-corrected chi connectivity index (χ2v) is 5.56. The van der Waals surface area contributed by atoms with Gasteiger partial charge in [-0.25, -0.2) is 0 Å². The molecule has 0 radical (unpaired) electrons. The summed E-state index contributed by atoms with van der Waals surface area (Å²) in [6.07, 6.45) is 7.25. The van der Waals surface area contributed by atoms with Gasteiger partial charge < -0.3 is 4.90 Å². The Bertz CT molecular complexity index is 379. The Hall–Kier alpha value is -1.09. The Morgan fingerprint density at radius 2 is 2.41 bits per heavy atom. The second-order valence-electron chi connectivity index (χ2n) is 4.58. The highest BCUT2D eigenvalue weighted by molar-refractivity contribution is 7.10. The fourth-order valence-corrected chi connectivity index (χ4v) is 2.44. The lowest BCUT2D eigenvalue weighted by Gasteiger charge is -2.20. The van der Waals surface area contributed by atoms with Crippen molar-refractivity contribution in [2.24, 2.45) is 5.92 Å². The van der Waals surface area contributed by atoms with Crippen molar-refractivity contribution in [2.75, 3.05) is 13.1 Å². The van der Waals surface area contributed by atoms with Gasteiger partial charge in [0.15, 0.2) is 0 Å². The van der Waals surface area contributed by atoms with Crippen molar-refractivity contribution < 1.29 is 4.79 Å². The first-order valence-corrected chi connectivity index (χ1v) is 7.18. The molecule has 3 heteroatoms. The molecule has 1 saturated carbocycles. The largest absolute Gasteiger partial charge is 0.339 e. The summed E-state index contributed by atoms with van der Waals surface area (Å²) in [5, 5.41) is 2.03. The van der Waals surface area contributed by atoms with E-state index in [4.69, 9.17) is 0 Å². The van der Waals surface area contributed by atoms with Gasteiger partial charge in [0, 0.05) is 24.0 Å². The first-order valence-electron chi connectivity index (χ1n) is 6.30. The van der Waals surface area contributed by atoms with Crippen LogP contribution in [0.1, 0.15) is 31.1 Å². The van der Waals surface area contributed by atoms with Crippen molar-refractivity contribution in [2.45, 2.75) is 26.2 Å². The van der Waals surface area contributed by atoms with Crippen LogP contribution in [0.3, 0.4) is 0 Å². The van der Waals surface area contributed by atoms with Crippen LogP contribution in [0.4, 0.5) is 0 Å². The Labute approximate surface area is 107 Å². The molecule has 2 nitrogen and oxygen atoms in total. The molecule has 0 bridgehead atoms. The molecule has 92 valence electrons. The lowest BCUT2D eigenvalue weighted by Crippen LogP contribution is -2.32. The molecule has 0 unspecified atom stereocenters. The maximum Gasteiger partial charge on any atom is 0.246 e. The maximum atomic E-state index is 12.0. The molecule has 0 saturated heterocycles. The number of hydrogen-bond donors (Lipinski definition) is 0. The smallest absolute Gasteiger partial charge is 0.246 e. The molecule has 0 spiro atoms. The molecular weight excluding hydrogens is 230 g/mol. The number of carbonyl (C=O) groups excluding carboxylic acids is 1. The summed E-state index contributed by atoms with van der Waals surface area (Å²) in [4.78, 5) is 15.2. The third kappa shape index (κ3) is 4.00. The predicted molar refractivity (Wildman–Crippen MR) is 72.9 cm³/mol. The first-order chi connectivity index (χ1) is 8.29.